The number of carbonyl (C=O) groups is 1. The van der Waals surface area contributed by atoms with Crippen LogP contribution in [-0.4, -0.2) is 28.6 Å². The summed E-state index contributed by atoms with van der Waals surface area (Å²) in [6.07, 6.45) is 0.0486. The molecule has 0 radical (unpaired) electrons. The lowest BCUT2D eigenvalue weighted by Crippen LogP contribution is -2.40. The molecule has 4 heteroatoms. The minimum Gasteiger partial charge on any atom is -0.337 e. The zero-order valence-corrected chi connectivity index (χ0v) is 6.13. The van der Waals surface area contributed by atoms with Crippen molar-refractivity contribution in [3.05, 3.63) is 0 Å². The van der Waals surface area contributed by atoms with E-state index in [2.05, 4.69) is 4.74 Å². The minimum atomic E-state index is -2.58. The molecule has 0 fully saturated rings. The Morgan fingerprint density at radius 1 is 1.45 bits per heavy atom. The summed E-state index contributed by atoms with van der Waals surface area (Å²) in [5.41, 5.74) is 0. The highest BCUT2D eigenvalue weighted by atomic mass is 16.8. The summed E-state index contributed by atoms with van der Waals surface area (Å²) in [5.74, 6) is -3.31. The summed E-state index contributed by atoms with van der Waals surface area (Å²) >= 11 is 0. The van der Waals surface area contributed by atoms with Crippen LogP contribution in [0.4, 0.5) is 0 Å². The van der Waals surface area contributed by atoms with Gasteiger partial charge in [0.15, 0.2) is 0 Å². The van der Waals surface area contributed by atoms with Crippen LogP contribution >= 0.6 is 0 Å². The number of ether oxygens (including phenoxy) is 1. The van der Waals surface area contributed by atoms with E-state index in [0.29, 0.717) is 0 Å². The fourth-order valence-electron chi connectivity index (χ4n) is 0.512. The van der Waals surface area contributed by atoms with Gasteiger partial charge in [-0.05, 0) is 6.92 Å². The zero-order chi connectivity index (χ0) is 8.20. The van der Waals surface area contributed by atoms with E-state index >= 15 is 0 Å². The van der Waals surface area contributed by atoms with Crippen LogP contribution in [0.15, 0.2) is 0 Å². The molecule has 0 saturated heterocycles. The second kappa shape index (κ2) is 5.23. The van der Waals surface area contributed by atoms with Crippen molar-refractivity contribution >= 4 is 5.78 Å². The van der Waals surface area contributed by atoms with Crippen LogP contribution in [-0.2, 0) is 9.53 Å². The smallest absolute Gasteiger partial charge is 0.337 e. The van der Waals surface area contributed by atoms with Crippen LogP contribution in [0.2, 0.25) is 0 Å². The third-order valence-electron chi connectivity index (χ3n) is 1.03. The van der Waals surface area contributed by atoms with Crippen molar-refractivity contribution in [1.82, 2.24) is 0 Å². The lowest BCUT2D eigenvalue weighted by molar-refractivity contribution is -0.309. The van der Waals surface area contributed by atoms with Gasteiger partial charge in [-0.2, -0.15) is 0 Å². The first-order valence-electron chi connectivity index (χ1n) is 3.16. The van der Waals surface area contributed by atoms with Gasteiger partial charge in [0.05, 0.1) is 6.61 Å². The average Bonchev–Trinajstić information content (AvgIpc) is 1.86. The van der Waals surface area contributed by atoms with Gasteiger partial charge in [-0.1, -0.05) is 14.4 Å². The molecule has 0 amide bonds. The van der Waals surface area contributed by atoms with E-state index in [9.17, 15) is 4.79 Å². The van der Waals surface area contributed by atoms with Crippen molar-refractivity contribution in [2.45, 2.75) is 33.7 Å². The molecular weight excluding hydrogens is 148 g/mol. The van der Waals surface area contributed by atoms with Crippen molar-refractivity contribution in [3.8, 4) is 0 Å². The Bertz CT molecular complexity index is 120. The maximum Gasteiger partial charge on any atom is 0.341 e. The van der Waals surface area contributed by atoms with Gasteiger partial charge in [-0.3, -0.25) is 4.79 Å². The molecule has 4 nitrogen and oxygen atoms in total. The molecule has 0 aliphatic carbocycles. The lowest BCUT2D eigenvalue weighted by atomic mass is 10.3. The van der Waals surface area contributed by atoms with Gasteiger partial charge >= 0.3 is 5.97 Å². The van der Waals surface area contributed by atoms with Crippen LogP contribution in [0.5, 0.6) is 0 Å². The Morgan fingerprint density at radius 2 is 1.91 bits per heavy atom. The van der Waals surface area contributed by atoms with Crippen molar-refractivity contribution in [2.75, 3.05) is 6.61 Å². The summed E-state index contributed by atoms with van der Waals surface area (Å²) in [6.45, 7) is 3.20. The molecule has 0 unspecified atom stereocenters. The normalized spacial score (nSPS) is 10.5. The van der Waals surface area contributed by atoms with Gasteiger partial charge in [0.1, 0.15) is 0 Å². The average molecular weight is 164 g/mol. The van der Waals surface area contributed by atoms with Crippen molar-refractivity contribution in [2.24, 2.45) is 0 Å². The molecule has 0 aliphatic heterocycles. The highest BCUT2D eigenvalue weighted by Crippen LogP contribution is 2.05. The number of ketones is 1. The summed E-state index contributed by atoms with van der Waals surface area (Å²) < 4.78 is 4.34. The SMILES string of the molecule is C.CCOC(O)(O)C(=O)CC. The lowest BCUT2D eigenvalue weighted by Gasteiger charge is -2.17. The van der Waals surface area contributed by atoms with Crippen molar-refractivity contribution < 1.29 is 19.7 Å². The molecule has 0 atom stereocenters. The van der Waals surface area contributed by atoms with E-state index < -0.39 is 11.8 Å². The maximum absolute atomic E-state index is 10.6. The Kier molecular flexibility index (Phi) is 6.26. The summed E-state index contributed by atoms with van der Waals surface area (Å²) in [5, 5.41) is 17.5. The standard InChI is InChI=1S/C6H12O4.CH4/c1-3-5(7)6(8,9)10-4-2;/h8-9H,3-4H2,1-2H3;1H4. The molecule has 0 spiro atoms. The molecule has 0 aromatic carbocycles. The molecule has 0 heterocycles. The molecule has 0 bridgehead atoms. The largest absolute Gasteiger partial charge is 0.341 e. The van der Waals surface area contributed by atoms with E-state index in [1.54, 1.807) is 6.92 Å². The highest BCUT2D eigenvalue weighted by molar-refractivity contribution is 5.83. The monoisotopic (exact) mass is 164 g/mol. The number of hydrogen-bond donors (Lipinski definition) is 2. The molecule has 0 aromatic heterocycles. The topological polar surface area (TPSA) is 66.8 Å². The highest BCUT2D eigenvalue weighted by Gasteiger charge is 2.31. The van der Waals surface area contributed by atoms with Gasteiger partial charge in [-0.15, -0.1) is 0 Å². The molecule has 0 rings (SSSR count). The molecule has 2 N–H and O–H groups in total. The van der Waals surface area contributed by atoms with Crippen molar-refractivity contribution in [3.63, 3.8) is 0 Å². The van der Waals surface area contributed by atoms with E-state index in [4.69, 9.17) is 10.2 Å². The fraction of sp³-hybridized carbons (Fsp3) is 0.857. The first-order chi connectivity index (χ1) is 4.54. The van der Waals surface area contributed by atoms with Crippen LogP contribution < -0.4 is 0 Å². The molecule has 68 valence electrons. The molecule has 0 aliphatic rings. The quantitative estimate of drug-likeness (QED) is 0.585. The van der Waals surface area contributed by atoms with Gasteiger partial charge in [0.2, 0.25) is 5.78 Å². The van der Waals surface area contributed by atoms with Gasteiger partial charge in [0.25, 0.3) is 0 Å². The third-order valence-corrected chi connectivity index (χ3v) is 1.03. The molecule has 0 saturated carbocycles. The number of carbonyl (C=O) groups excluding carboxylic acids is 1. The van der Waals surface area contributed by atoms with Crippen LogP contribution in [0.25, 0.3) is 0 Å². The zero-order valence-electron chi connectivity index (χ0n) is 6.13. The summed E-state index contributed by atoms with van der Waals surface area (Å²) in [7, 11) is 0. The van der Waals surface area contributed by atoms with Gasteiger partial charge in [-0.25, -0.2) is 0 Å². The van der Waals surface area contributed by atoms with E-state index in [-0.39, 0.29) is 20.5 Å². The first kappa shape index (κ1) is 13.2. The first-order valence-corrected chi connectivity index (χ1v) is 3.16. The molecule has 11 heavy (non-hydrogen) atoms. The number of rotatable bonds is 4. The van der Waals surface area contributed by atoms with Crippen LogP contribution in [0, 0.1) is 0 Å². The fourth-order valence-corrected chi connectivity index (χ4v) is 0.512. The molecular formula is C7H16O4. The Hall–Kier alpha value is -0.450. The summed E-state index contributed by atoms with van der Waals surface area (Å²) in [6, 6.07) is 0. The second-order valence-corrected chi connectivity index (χ2v) is 1.82. The second-order valence-electron chi connectivity index (χ2n) is 1.82. The van der Waals surface area contributed by atoms with Crippen LogP contribution in [0.1, 0.15) is 27.7 Å². The molecule has 0 aromatic rings. The Morgan fingerprint density at radius 3 is 2.18 bits per heavy atom. The van der Waals surface area contributed by atoms with E-state index in [1.807, 2.05) is 0 Å². The summed E-state index contributed by atoms with van der Waals surface area (Å²) in [4.78, 5) is 10.6. The minimum absolute atomic E-state index is 0. The van der Waals surface area contributed by atoms with Crippen molar-refractivity contribution in [1.29, 1.82) is 0 Å². The predicted octanol–water partition coefficient (Wildman–Crippen LogP) is 0.276. The van der Waals surface area contributed by atoms with Gasteiger partial charge in [0, 0.05) is 6.42 Å². The third kappa shape index (κ3) is 4.08. The number of Topliss-reactive ketones (excluding diaryl/α,β-unsaturated/α-hetero) is 1. The van der Waals surface area contributed by atoms with Gasteiger partial charge < -0.3 is 14.9 Å². The number of aliphatic hydroxyl groups is 2. The Balaban J connectivity index is 0. The van der Waals surface area contributed by atoms with E-state index in [0.717, 1.165) is 0 Å². The Labute approximate surface area is 66.8 Å². The number of hydrogen-bond acceptors (Lipinski definition) is 4. The van der Waals surface area contributed by atoms with E-state index in [1.165, 1.54) is 6.92 Å². The maximum atomic E-state index is 10.6. The van der Waals surface area contributed by atoms with Crippen LogP contribution in [0.3, 0.4) is 0 Å². The predicted molar refractivity (Wildman–Crippen MR) is 40.8 cm³/mol.